The maximum Gasteiger partial charge on any atom is 0.338 e. The molecule has 8 nitrogen and oxygen atoms in total. The molecule has 0 bridgehead atoms. The van der Waals surface area contributed by atoms with E-state index in [0.29, 0.717) is 0 Å². The summed E-state index contributed by atoms with van der Waals surface area (Å²) in [4.78, 5) is 0.159. The van der Waals surface area contributed by atoms with E-state index in [1.807, 2.05) is 6.92 Å². The maximum atomic E-state index is 12.8. The molecule has 0 saturated carbocycles. The van der Waals surface area contributed by atoms with Crippen LogP contribution in [0.1, 0.15) is 5.56 Å². The van der Waals surface area contributed by atoms with Crippen LogP contribution in [0.5, 0.6) is 0 Å². The predicted octanol–water partition coefficient (Wildman–Crippen LogP) is -0.425. The SMILES string of the molecule is Cc1ccc(S(=O)(=O)N2CCO[C@H]3NS(=O)(=O)OC[C@H]32)cc1. The number of benzene rings is 1. The van der Waals surface area contributed by atoms with E-state index in [4.69, 9.17) is 8.92 Å². The van der Waals surface area contributed by atoms with Gasteiger partial charge in [-0.1, -0.05) is 17.7 Å². The summed E-state index contributed by atoms with van der Waals surface area (Å²) in [6, 6.07) is 5.76. The average molecular weight is 348 g/mol. The van der Waals surface area contributed by atoms with Gasteiger partial charge in [-0.15, -0.1) is 0 Å². The number of nitrogens with zero attached hydrogens (tertiary/aromatic N) is 1. The van der Waals surface area contributed by atoms with Crippen LogP contribution in [0.3, 0.4) is 0 Å². The topological polar surface area (TPSA) is 102 Å². The van der Waals surface area contributed by atoms with Crippen molar-refractivity contribution in [3.8, 4) is 0 Å². The first-order valence-electron chi connectivity index (χ1n) is 6.66. The van der Waals surface area contributed by atoms with E-state index >= 15 is 0 Å². The molecule has 0 spiro atoms. The highest BCUT2D eigenvalue weighted by atomic mass is 32.2. The van der Waals surface area contributed by atoms with Gasteiger partial charge in [0.05, 0.1) is 24.2 Å². The van der Waals surface area contributed by atoms with Crippen LogP contribution in [0.15, 0.2) is 29.2 Å². The fourth-order valence-electron chi connectivity index (χ4n) is 2.46. The van der Waals surface area contributed by atoms with Crippen LogP contribution >= 0.6 is 0 Å². The highest BCUT2D eigenvalue weighted by Gasteiger charge is 2.45. The Morgan fingerprint density at radius 1 is 1.27 bits per heavy atom. The summed E-state index contributed by atoms with van der Waals surface area (Å²) < 4.78 is 61.7. The van der Waals surface area contributed by atoms with Crippen molar-refractivity contribution in [3.63, 3.8) is 0 Å². The molecule has 0 radical (unpaired) electrons. The molecule has 122 valence electrons. The zero-order valence-corrected chi connectivity index (χ0v) is 13.4. The number of nitrogens with one attached hydrogen (secondary N) is 1. The van der Waals surface area contributed by atoms with Crippen molar-refractivity contribution in [1.82, 2.24) is 9.03 Å². The van der Waals surface area contributed by atoms with Crippen LogP contribution in [0.2, 0.25) is 0 Å². The molecule has 1 aromatic carbocycles. The van der Waals surface area contributed by atoms with Gasteiger partial charge in [0.1, 0.15) is 6.23 Å². The van der Waals surface area contributed by atoms with E-state index in [1.54, 1.807) is 12.1 Å². The minimum absolute atomic E-state index is 0.106. The number of aryl methyl sites for hydroxylation is 1. The zero-order valence-electron chi connectivity index (χ0n) is 11.8. The molecule has 10 heteroatoms. The fourth-order valence-corrected chi connectivity index (χ4v) is 4.95. The summed E-state index contributed by atoms with van der Waals surface area (Å²) in [7, 11) is -7.64. The average Bonchev–Trinajstić information content (AvgIpc) is 2.45. The highest BCUT2D eigenvalue weighted by Crippen LogP contribution is 2.26. The number of hydrogen-bond donors (Lipinski definition) is 1. The molecule has 2 saturated heterocycles. The van der Waals surface area contributed by atoms with Crippen molar-refractivity contribution in [2.45, 2.75) is 24.1 Å². The summed E-state index contributed by atoms with van der Waals surface area (Å²) in [6.45, 7) is 1.84. The highest BCUT2D eigenvalue weighted by molar-refractivity contribution is 7.89. The number of rotatable bonds is 2. The van der Waals surface area contributed by atoms with Gasteiger partial charge < -0.3 is 4.74 Å². The Morgan fingerprint density at radius 2 is 1.95 bits per heavy atom. The van der Waals surface area contributed by atoms with E-state index in [-0.39, 0.29) is 24.7 Å². The van der Waals surface area contributed by atoms with E-state index < -0.39 is 32.6 Å². The minimum Gasteiger partial charge on any atom is -0.359 e. The molecule has 0 amide bonds. The molecule has 1 aromatic rings. The molecule has 1 N–H and O–H groups in total. The molecule has 2 aliphatic rings. The summed E-state index contributed by atoms with van der Waals surface area (Å²) >= 11 is 0. The van der Waals surface area contributed by atoms with Gasteiger partial charge in [0.15, 0.2) is 0 Å². The second-order valence-electron chi connectivity index (χ2n) is 5.14. The zero-order chi connectivity index (χ0) is 16.0. The van der Waals surface area contributed by atoms with E-state index in [0.717, 1.165) is 5.56 Å². The molecule has 2 fully saturated rings. The Labute approximate surface area is 129 Å². The van der Waals surface area contributed by atoms with Crippen LogP contribution in [-0.2, 0) is 29.2 Å². The third-order valence-corrected chi connectivity index (χ3v) is 6.52. The standard InChI is InChI=1S/C12H16N2O6S2/c1-9-2-4-10(5-3-9)21(15,16)14-6-7-19-12-11(14)8-20-22(17,18)13-12/h2-5,11-13H,6-8H2,1H3/t11-,12-/m1/s1. The fraction of sp³-hybridized carbons (Fsp3) is 0.500. The summed E-state index contributed by atoms with van der Waals surface area (Å²) in [5.74, 6) is 0. The molecular formula is C12H16N2O6S2. The molecule has 0 unspecified atom stereocenters. The normalized spacial score (nSPS) is 29.0. The summed E-state index contributed by atoms with van der Waals surface area (Å²) in [5.41, 5.74) is 0.951. The van der Waals surface area contributed by atoms with Crippen molar-refractivity contribution in [1.29, 1.82) is 0 Å². The summed E-state index contributed by atoms with van der Waals surface area (Å²) in [5, 5.41) is 0. The van der Waals surface area contributed by atoms with Gasteiger partial charge >= 0.3 is 10.3 Å². The van der Waals surface area contributed by atoms with Crippen molar-refractivity contribution < 1.29 is 25.8 Å². The lowest BCUT2D eigenvalue weighted by atomic mass is 10.2. The van der Waals surface area contributed by atoms with Gasteiger partial charge in [-0.2, -0.15) is 17.4 Å². The molecule has 3 rings (SSSR count). The lowest BCUT2D eigenvalue weighted by molar-refractivity contribution is -0.0698. The number of morpholine rings is 1. The maximum absolute atomic E-state index is 12.8. The first-order chi connectivity index (χ1) is 10.3. The van der Waals surface area contributed by atoms with Crippen molar-refractivity contribution in [2.24, 2.45) is 0 Å². The van der Waals surface area contributed by atoms with Gasteiger partial charge in [0.25, 0.3) is 0 Å². The minimum atomic E-state index is -3.89. The van der Waals surface area contributed by atoms with Crippen LogP contribution < -0.4 is 4.72 Å². The monoisotopic (exact) mass is 348 g/mol. The Balaban J connectivity index is 1.92. The third kappa shape index (κ3) is 2.90. The molecule has 2 heterocycles. The van der Waals surface area contributed by atoms with Gasteiger partial charge in [-0.25, -0.2) is 8.42 Å². The van der Waals surface area contributed by atoms with E-state index in [1.165, 1.54) is 16.4 Å². The Hall–Kier alpha value is -1.04. The Bertz CT molecular complexity index is 759. The van der Waals surface area contributed by atoms with Gasteiger partial charge in [0.2, 0.25) is 10.0 Å². The Morgan fingerprint density at radius 3 is 2.64 bits per heavy atom. The second-order valence-corrected chi connectivity index (χ2v) is 8.41. The second kappa shape index (κ2) is 5.55. The third-order valence-electron chi connectivity index (χ3n) is 3.61. The van der Waals surface area contributed by atoms with Crippen LogP contribution in [-0.4, -0.2) is 53.2 Å². The molecule has 22 heavy (non-hydrogen) atoms. The lowest BCUT2D eigenvalue weighted by Gasteiger charge is -2.41. The largest absolute Gasteiger partial charge is 0.359 e. The smallest absolute Gasteiger partial charge is 0.338 e. The van der Waals surface area contributed by atoms with Crippen molar-refractivity contribution >= 4 is 20.3 Å². The molecule has 2 aliphatic heterocycles. The van der Waals surface area contributed by atoms with Crippen LogP contribution in [0.25, 0.3) is 0 Å². The van der Waals surface area contributed by atoms with Gasteiger partial charge in [0, 0.05) is 6.54 Å². The Kier molecular flexibility index (Phi) is 4.00. The van der Waals surface area contributed by atoms with Crippen LogP contribution in [0, 0.1) is 6.92 Å². The van der Waals surface area contributed by atoms with Crippen LogP contribution in [0.4, 0.5) is 0 Å². The number of sulfonamides is 1. The molecule has 0 aliphatic carbocycles. The first-order valence-corrected chi connectivity index (χ1v) is 9.51. The van der Waals surface area contributed by atoms with Gasteiger partial charge in [-0.3, -0.25) is 4.18 Å². The number of fused-ring (bicyclic) bond motifs is 1. The summed E-state index contributed by atoms with van der Waals surface area (Å²) in [6.07, 6.45) is -0.937. The predicted molar refractivity (Wildman–Crippen MR) is 76.6 cm³/mol. The first kappa shape index (κ1) is 15.8. The lowest BCUT2D eigenvalue weighted by Crippen LogP contribution is -2.64. The number of ether oxygens (including phenoxy) is 1. The van der Waals surface area contributed by atoms with E-state index in [9.17, 15) is 16.8 Å². The number of hydrogen-bond acceptors (Lipinski definition) is 6. The van der Waals surface area contributed by atoms with Crippen molar-refractivity contribution in [3.05, 3.63) is 29.8 Å². The van der Waals surface area contributed by atoms with Crippen molar-refractivity contribution in [2.75, 3.05) is 19.8 Å². The quantitative estimate of drug-likeness (QED) is 0.778. The molecular weight excluding hydrogens is 332 g/mol. The molecule has 0 aromatic heterocycles. The van der Waals surface area contributed by atoms with Gasteiger partial charge in [-0.05, 0) is 19.1 Å². The van der Waals surface area contributed by atoms with E-state index in [2.05, 4.69) is 4.72 Å². The molecule has 2 atom stereocenters.